The predicted octanol–water partition coefficient (Wildman–Crippen LogP) is 7.49. The first-order chi connectivity index (χ1) is 22.6. The average Bonchev–Trinajstić information content (AvgIpc) is 3.04. The lowest BCUT2D eigenvalue weighted by atomic mass is 10.1. The van der Waals surface area contributed by atoms with Crippen LogP contribution in [0, 0.1) is 0 Å². The van der Waals surface area contributed by atoms with Crippen molar-refractivity contribution in [2.75, 3.05) is 19.8 Å². The molecule has 0 saturated heterocycles. The van der Waals surface area contributed by atoms with E-state index in [9.17, 15) is 34.1 Å². The molecule has 3 unspecified atom stereocenters. The lowest BCUT2D eigenvalue weighted by Crippen LogP contribution is -2.43. The molecule has 0 aromatic heterocycles. The van der Waals surface area contributed by atoms with Crippen LogP contribution in [0.4, 0.5) is 0 Å². The van der Waals surface area contributed by atoms with Gasteiger partial charge in [-0.3, -0.25) is 18.6 Å². The fourth-order valence-corrected chi connectivity index (χ4v) is 4.96. The van der Waals surface area contributed by atoms with Crippen molar-refractivity contribution in [1.82, 2.24) is 5.32 Å². The zero-order chi connectivity index (χ0) is 35.0. The second kappa shape index (κ2) is 30.8. The summed E-state index contributed by atoms with van der Waals surface area (Å²) in [5, 5.41) is 21.6. The number of aliphatic hydroxyl groups excluding tert-OH is 1. The van der Waals surface area contributed by atoms with Crippen LogP contribution in [0.25, 0.3) is 0 Å². The van der Waals surface area contributed by atoms with Gasteiger partial charge >= 0.3 is 19.8 Å². The smallest absolute Gasteiger partial charge is 0.472 e. The van der Waals surface area contributed by atoms with Crippen molar-refractivity contribution >= 4 is 25.7 Å². The van der Waals surface area contributed by atoms with Crippen LogP contribution < -0.4 is 5.32 Å². The molecule has 0 aliphatic carbocycles. The molecule has 0 aliphatic rings. The molecule has 0 spiro atoms. The fraction of sp³-hybridized carbons (Fsp3) is 0.686. The van der Waals surface area contributed by atoms with Gasteiger partial charge in [-0.05, 0) is 51.4 Å². The number of carboxylic acids is 1. The largest absolute Gasteiger partial charge is 0.480 e. The molecule has 0 rings (SSSR count). The first-order valence-corrected chi connectivity index (χ1v) is 18.7. The predicted molar refractivity (Wildman–Crippen MR) is 185 cm³/mol. The average molecular weight is 686 g/mol. The highest BCUT2D eigenvalue weighted by Crippen LogP contribution is 2.43. The van der Waals surface area contributed by atoms with E-state index >= 15 is 0 Å². The Morgan fingerprint density at radius 3 is 1.83 bits per heavy atom. The minimum Gasteiger partial charge on any atom is -0.480 e. The van der Waals surface area contributed by atoms with Crippen molar-refractivity contribution in [3.8, 4) is 0 Å². The summed E-state index contributed by atoms with van der Waals surface area (Å²) in [5.74, 6) is -2.43. The molecule has 47 heavy (non-hydrogen) atoms. The highest BCUT2D eigenvalue weighted by atomic mass is 31.2. The Labute approximate surface area is 282 Å². The Bertz CT molecular complexity index is 995. The SMILES string of the molecule is CC/C=C\C/C=C\C/C=C\C/C=C\CCCCC(=O)OCC(O)COP(=O)(O)OCC(NC(=O)CCCCCCCCCC)C(=O)O. The molecule has 270 valence electrons. The number of phosphoric ester groups is 1. The number of rotatable bonds is 31. The molecule has 4 N–H and O–H groups in total. The molecule has 12 heteroatoms. The van der Waals surface area contributed by atoms with Crippen LogP contribution in [0.2, 0.25) is 0 Å². The third-order valence-electron chi connectivity index (χ3n) is 6.88. The Kier molecular flexibility index (Phi) is 29.1. The number of carbonyl (C=O) groups is 3. The molecule has 0 fully saturated rings. The Morgan fingerprint density at radius 2 is 1.23 bits per heavy atom. The summed E-state index contributed by atoms with van der Waals surface area (Å²) in [7, 11) is -4.75. The number of aliphatic carboxylic acids is 1. The maximum Gasteiger partial charge on any atom is 0.472 e. The molecule has 0 aliphatic heterocycles. The number of carboxylic acid groups (broad SMARTS) is 1. The first-order valence-electron chi connectivity index (χ1n) is 17.2. The summed E-state index contributed by atoms with van der Waals surface area (Å²) in [6.45, 7) is 2.34. The van der Waals surface area contributed by atoms with Gasteiger partial charge in [-0.1, -0.05) is 107 Å². The van der Waals surface area contributed by atoms with Gasteiger partial charge in [0, 0.05) is 12.8 Å². The second-order valence-corrected chi connectivity index (χ2v) is 12.8. The van der Waals surface area contributed by atoms with E-state index in [0.717, 1.165) is 64.2 Å². The summed E-state index contributed by atoms with van der Waals surface area (Å²) >= 11 is 0. The van der Waals surface area contributed by atoms with Crippen LogP contribution in [0.15, 0.2) is 48.6 Å². The molecular weight excluding hydrogens is 625 g/mol. The van der Waals surface area contributed by atoms with E-state index in [1.165, 1.54) is 19.3 Å². The van der Waals surface area contributed by atoms with E-state index in [1.54, 1.807) is 0 Å². The van der Waals surface area contributed by atoms with Crippen molar-refractivity contribution in [2.45, 2.75) is 135 Å². The lowest BCUT2D eigenvalue weighted by molar-refractivity contribution is -0.147. The number of esters is 1. The third kappa shape index (κ3) is 30.5. The monoisotopic (exact) mass is 685 g/mol. The van der Waals surface area contributed by atoms with E-state index in [1.807, 2.05) is 0 Å². The van der Waals surface area contributed by atoms with Gasteiger partial charge in [-0.25, -0.2) is 9.36 Å². The van der Waals surface area contributed by atoms with Crippen LogP contribution in [-0.2, 0) is 32.7 Å². The van der Waals surface area contributed by atoms with Gasteiger partial charge in [-0.2, -0.15) is 0 Å². The normalized spacial score (nSPS) is 14.6. The van der Waals surface area contributed by atoms with Gasteiger partial charge in [0.15, 0.2) is 6.04 Å². The number of allylic oxidation sites excluding steroid dienone is 8. The van der Waals surface area contributed by atoms with Crippen LogP contribution in [0.5, 0.6) is 0 Å². The van der Waals surface area contributed by atoms with Crippen LogP contribution in [-0.4, -0.2) is 64.9 Å². The minimum atomic E-state index is -4.75. The van der Waals surface area contributed by atoms with Crippen LogP contribution in [0.3, 0.4) is 0 Å². The van der Waals surface area contributed by atoms with Crippen molar-refractivity contribution in [1.29, 1.82) is 0 Å². The van der Waals surface area contributed by atoms with Gasteiger partial charge in [0.2, 0.25) is 5.91 Å². The van der Waals surface area contributed by atoms with Crippen molar-refractivity contribution in [3.05, 3.63) is 48.6 Å². The molecule has 0 bridgehead atoms. The molecular formula is C35H60NO10P. The minimum absolute atomic E-state index is 0.141. The third-order valence-corrected chi connectivity index (χ3v) is 7.83. The quantitative estimate of drug-likeness (QED) is 0.0248. The van der Waals surface area contributed by atoms with Gasteiger partial charge in [0.25, 0.3) is 0 Å². The molecule has 11 nitrogen and oxygen atoms in total. The van der Waals surface area contributed by atoms with E-state index < -0.39 is 57.6 Å². The van der Waals surface area contributed by atoms with Gasteiger partial charge < -0.3 is 25.2 Å². The highest BCUT2D eigenvalue weighted by molar-refractivity contribution is 7.47. The van der Waals surface area contributed by atoms with Crippen molar-refractivity contribution in [2.24, 2.45) is 0 Å². The van der Waals surface area contributed by atoms with E-state index in [4.69, 9.17) is 13.8 Å². The summed E-state index contributed by atoms with van der Waals surface area (Å²) in [4.78, 5) is 45.4. The van der Waals surface area contributed by atoms with Gasteiger partial charge in [0.05, 0.1) is 13.2 Å². The Hall–Kier alpha value is -2.56. The standard InChI is InChI=1S/C35H60NO10P/c1-3-5-7-9-11-13-14-15-16-17-18-19-21-23-25-27-34(39)44-28-31(37)29-45-47(42,43)46-30-32(35(40)41)36-33(38)26-24-22-20-12-10-8-6-4-2/h5,7,11,13,15-16,18-19,31-32,37H,3-4,6,8-10,12,14,17,20-30H2,1-2H3,(H,36,38)(H,40,41)(H,42,43)/b7-5-,13-11-,16-15-,19-18-. The number of aliphatic hydroxyl groups is 1. The molecule has 0 radical (unpaired) electrons. The molecule has 3 atom stereocenters. The maximum atomic E-state index is 12.1. The first kappa shape index (κ1) is 44.4. The van der Waals surface area contributed by atoms with Crippen molar-refractivity contribution < 1.29 is 47.8 Å². The van der Waals surface area contributed by atoms with Crippen LogP contribution >= 0.6 is 7.82 Å². The van der Waals surface area contributed by atoms with Crippen LogP contribution in [0.1, 0.15) is 123 Å². The van der Waals surface area contributed by atoms with E-state index in [0.29, 0.717) is 12.8 Å². The second-order valence-electron chi connectivity index (χ2n) is 11.3. The molecule has 0 heterocycles. The molecule has 1 amide bonds. The zero-order valence-electron chi connectivity index (χ0n) is 28.6. The number of nitrogens with one attached hydrogen (secondary N) is 1. The molecule has 0 aromatic carbocycles. The Morgan fingerprint density at radius 1 is 0.702 bits per heavy atom. The van der Waals surface area contributed by atoms with E-state index in [-0.39, 0.29) is 12.8 Å². The van der Waals surface area contributed by atoms with Crippen molar-refractivity contribution in [3.63, 3.8) is 0 Å². The number of hydrogen-bond donors (Lipinski definition) is 4. The van der Waals surface area contributed by atoms with Gasteiger partial charge in [-0.15, -0.1) is 0 Å². The fourth-order valence-electron chi connectivity index (χ4n) is 4.19. The molecule has 0 aromatic rings. The number of amides is 1. The summed E-state index contributed by atoms with van der Waals surface area (Å²) in [5.41, 5.74) is 0. The summed E-state index contributed by atoms with van der Waals surface area (Å²) < 4.78 is 26.6. The summed E-state index contributed by atoms with van der Waals surface area (Å²) in [6, 6.07) is -1.55. The maximum absolute atomic E-state index is 12.1. The van der Waals surface area contributed by atoms with Gasteiger partial charge in [0.1, 0.15) is 12.7 Å². The summed E-state index contributed by atoms with van der Waals surface area (Å²) in [6.07, 6.45) is 30.3. The highest BCUT2D eigenvalue weighted by Gasteiger charge is 2.28. The topological polar surface area (TPSA) is 169 Å². The number of ether oxygens (including phenoxy) is 1. The van der Waals surface area contributed by atoms with E-state index in [2.05, 4.69) is 67.8 Å². The molecule has 0 saturated carbocycles. The lowest BCUT2D eigenvalue weighted by Gasteiger charge is -2.18. The number of phosphoric acid groups is 1. The Balaban J connectivity index is 4.06. The zero-order valence-corrected chi connectivity index (χ0v) is 29.5. The number of carbonyl (C=O) groups excluding carboxylic acids is 2. The number of hydrogen-bond acceptors (Lipinski definition) is 8. The number of unbranched alkanes of at least 4 members (excludes halogenated alkanes) is 9.